The third-order valence-corrected chi connectivity index (χ3v) is 3.53. The maximum atomic E-state index is 10.6. The van der Waals surface area contributed by atoms with Gasteiger partial charge in [0.25, 0.3) is 0 Å². The summed E-state index contributed by atoms with van der Waals surface area (Å²) >= 11 is 11.9. The van der Waals surface area contributed by atoms with Gasteiger partial charge in [-0.25, -0.2) is 4.79 Å². The minimum Gasteiger partial charge on any atom is -0.211 e. The highest BCUT2D eigenvalue weighted by Gasteiger charge is 2.35. The maximum absolute atomic E-state index is 10.6. The summed E-state index contributed by atoms with van der Waals surface area (Å²) in [4.78, 5) is 14.5. The average molecular weight is 256 g/mol. The lowest BCUT2D eigenvalue weighted by Gasteiger charge is -2.23. The summed E-state index contributed by atoms with van der Waals surface area (Å²) in [7, 11) is 0. The van der Waals surface area contributed by atoms with E-state index in [4.69, 9.17) is 23.2 Å². The monoisotopic (exact) mass is 255 g/mol. The summed E-state index contributed by atoms with van der Waals surface area (Å²) in [5.74, 6) is 0. The second-order valence-electron chi connectivity index (χ2n) is 4.10. The molecule has 1 fully saturated rings. The molecule has 0 atom stereocenters. The van der Waals surface area contributed by atoms with Crippen LogP contribution in [0.15, 0.2) is 23.2 Å². The van der Waals surface area contributed by atoms with E-state index in [9.17, 15) is 4.79 Å². The van der Waals surface area contributed by atoms with E-state index in [1.165, 1.54) is 0 Å². The lowest BCUT2D eigenvalue weighted by atomic mass is 9.89. The number of nitrogens with zero attached hydrogens (tertiary/aromatic N) is 1. The Balaban J connectivity index is 2.50. The van der Waals surface area contributed by atoms with Crippen molar-refractivity contribution in [3.63, 3.8) is 0 Å². The molecule has 0 N–H and O–H groups in total. The molecule has 0 unspecified atom stereocenters. The highest BCUT2D eigenvalue weighted by Crippen LogP contribution is 2.43. The molecule has 1 aliphatic carbocycles. The third kappa shape index (κ3) is 2.15. The molecule has 0 aliphatic heterocycles. The van der Waals surface area contributed by atoms with E-state index in [2.05, 4.69) is 4.99 Å². The van der Waals surface area contributed by atoms with Crippen molar-refractivity contribution < 1.29 is 4.79 Å². The number of halogens is 2. The predicted molar refractivity (Wildman–Crippen MR) is 64.7 cm³/mol. The molecular weight excluding hydrogens is 245 g/mol. The Morgan fingerprint density at radius 2 is 1.69 bits per heavy atom. The van der Waals surface area contributed by atoms with Crippen molar-refractivity contribution in [1.82, 2.24) is 0 Å². The normalized spacial score (nSPS) is 18.1. The Morgan fingerprint density at radius 1 is 1.12 bits per heavy atom. The van der Waals surface area contributed by atoms with Crippen molar-refractivity contribution in [2.24, 2.45) is 4.99 Å². The number of hydrogen-bond acceptors (Lipinski definition) is 2. The fourth-order valence-corrected chi connectivity index (χ4v) is 2.86. The summed E-state index contributed by atoms with van der Waals surface area (Å²) in [5, 5.41) is 1.16. The largest absolute Gasteiger partial charge is 0.235 e. The Hall–Kier alpha value is -0.820. The average Bonchev–Trinajstić information content (AvgIpc) is 2.66. The first-order valence-corrected chi connectivity index (χ1v) is 5.97. The molecule has 16 heavy (non-hydrogen) atoms. The van der Waals surface area contributed by atoms with Crippen LogP contribution < -0.4 is 0 Å². The number of aliphatic imine (C=N–C) groups is 1. The molecule has 1 saturated carbocycles. The molecule has 0 amide bonds. The van der Waals surface area contributed by atoms with Crippen LogP contribution in [0.4, 0.5) is 0 Å². The van der Waals surface area contributed by atoms with Crippen LogP contribution in [0.25, 0.3) is 0 Å². The van der Waals surface area contributed by atoms with Gasteiger partial charge in [0.05, 0.1) is 5.54 Å². The van der Waals surface area contributed by atoms with E-state index in [0.717, 1.165) is 31.2 Å². The van der Waals surface area contributed by atoms with Gasteiger partial charge in [-0.2, -0.15) is 4.99 Å². The second kappa shape index (κ2) is 4.58. The van der Waals surface area contributed by atoms with Gasteiger partial charge >= 0.3 is 0 Å². The lowest BCUT2D eigenvalue weighted by molar-refractivity contribution is 0.456. The molecule has 1 aromatic carbocycles. The van der Waals surface area contributed by atoms with Crippen LogP contribution in [0.2, 0.25) is 10.0 Å². The number of rotatable bonds is 2. The standard InChI is InChI=1S/C12H11Cl2NO/c13-10-5-9(6-11(14)7-10)12(15-8-16)3-1-2-4-12/h5-7H,1-4H2. The van der Waals surface area contributed by atoms with Crippen LogP contribution in [0.5, 0.6) is 0 Å². The van der Waals surface area contributed by atoms with Crippen molar-refractivity contribution in [2.75, 3.05) is 0 Å². The maximum Gasteiger partial charge on any atom is 0.235 e. The number of isocyanates is 1. The topological polar surface area (TPSA) is 29.4 Å². The second-order valence-corrected chi connectivity index (χ2v) is 4.97. The predicted octanol–water partition coefficient (Wildman–Crippen LogP) is 4.10. The summed E-state index contributed by atoms with van der Waals surface area (Å²) in [6.07, 6.45) is 5.53. The molecule has 4 heteroatoms. The Bertz CT molecular complexity index is 426. The third-order valence-electron chi connectivity index (χ3n) is 3.09. The van der Waals surface area contributed by atoms with Crippen LogP contribution >= 0.6 is 23.2 Å². The van der Waals surface area contributed by atoms with Crippen molar-refractivity contribution in [3.8, 4) is 0 Å². The smallest absolute Gasteiger partial charge is 0.211 e. The molecule has 2 rings (SSSR count). The molecule has 2 nitrogen and oxygen atoms in total. The quantitative estimate of drug-likeness (QED) is 0.578. The molecule has 84 valence electrons. The van der Waals surface area contributed by atoms with Gasteiger partial charge < -0.3 is 0 Å². The Labute approximate surface area is 104 Å². The molecule has 0 heterocycles. The first-order chi connectivity index (χ1) is 7.66. The number of carbonyl (C=O) groups excluding carboxylic acids is 1. The van der Waals surface area contributed by atoms with Gasteiger partial charge in [-0.3, -0.25) is 0 Å². The molecule has 1 aromatic rings. The van der Waals surface area contributed by atoms with Gasteiger partial charge in [0.1, 0.15) is 0 Å². The number of hydrogen-bond donors (Lipinski definition) is 0. The van der Waals surface area contributed by atoms with Crippen LogP contribution in [-0.4, -0.2) is 6.08 Å². The zero-order valence-corrected chi connectivity index (χ0v) is 10.2. The minimum atomic E-state index is -0.448. The number of benzene rings is 1. The van der Waals surface area contributed by atoms with E-state index >= 15 is 0 Å². The van der Waals surface area contributed by atoms with Gasteiger partial charge in [0.15, 0.2) is 0 Å². The van der Waals surface area contributed by atoms with Gasteiger partial charge in [0, 0.05) is 10.0 Å². The summed E-state index contributed by atoms with van der Waals surface area (Å²) in [6.45, 7) is 0. The zero-order chi connectivity index (χ0) is 11.6. The zero-order valence-electron chi connectivity index (χ0n) is 8.67. The summed E-state index contributed by atoms with van der Waals surface area (Å²) in [5.41, 5.74) is 0.474. The van der Waals surface area contributed by atoms with Crippen LogP contribution in [-0.2, 0) is 10.3 Å². The van der Waals surface area contributed by atoms with E-state index in [-0.39, 0.29) is 0 Å². The van der Waals surface area contributed by atoms with Crippen molar-refractivity contribution >= 4 is 29.3 Å². The molecule has 0 radical (unpaired) electrons. The van der Waals surface area contributed by atoms with Crippen LogP contribution in [0.1, 0.15) is 31.2 Å². The van der Waals surface area contributed by atoms with Crippen LogP contribution in [0.3, 0.4) is 0 Å². The van der Waals surface area contributed by atoms with E-state index in [0.29, 0.717) is 10.0 Å². The van der Waals surface area contributed by atoms with Gasteiger partial charge in [-0.05, 0) is 36.6 Å². The molecule has 0 saturated heterocycles. The van der Waals surface area contributed by atoms with Crippen molar-refractivity contribution in [1.29, 1.82) is 0 Å². The summed E-state index contributed by atoms with van der Waals surface area (Å²) in [6, 6.07) is 5.35. The highest BCUT2D eigenvalue weighted by molar-refractivity contribution is 6.34. The fraction of sp³-hybridized carbons (Fsp3) is 0.417. The van der Waals surface area contributed by atoms with Crippen molar-refractivity contribution in [2.45, 2.75) is 31.2 Å². The van der Waals surface area contributed by atoms with E-state index in [1.807, 2.05) is 12.1 Å². The lowest BCUT2D eigenvalue weighted by Crippen LogP contribution is -2.18. The summed E-state index contributed by atoms with van der Waals surface area (Å²) < 4.78 is 0. The Morgan fingerprint density at radius 3 is 2.19 bits per heavy atom. The van der Waals surface area contributed by atoms with Crippen LogP contribution in [0, 0.1) is 0 Å². The van der Waals surface area contributed by atoms with Crippen molar-refractivity contribution in [3.05, 3.63) is 33.8 Å². The molecule has 0 bridgehead atoms. The molecular formula is C12H11Cl2NO. The van der Waals surface area contributed by atoms with Gasteiger partial charge in [0.2, 0.25) is 6.08 Å². The SMILES string of the molecule is O=C=NC1(c2cc(Cl)cc(Cl)c2)CCCC1. The minimum absolute atomic E-state index is 0.448. The first kappa shape index (κ1) is 11.7. The Kier molecular flexibility index (Phi) is 3.34. The van der Waals surface area contributed by atoms with Gasteiger partial charge in [-0.1, -0.05) is 36.0 Å². The van der Waals surface area contributed by atoms with E-state index < -0.39 is 5.54 Å². The molecule has 1 aliphatic rings. The highest BCUT2D eigenvalue weighted by atomic mass is 35.5. The molecule has 0 aromatic heterocycles. The fourth-order valence-electron chi connectivity index (χ4n) is 2.33. The molecule has 0 spiro atoms. The first-order valence-electron chi connectivity index (χ1n) is 5.22. The van der Waals surface area contributed by atoms with Gasteiger partial charge in [-0.15, -0.1) is 0 Å². The van der Waals surface area contributed by atoms with E-state index in [1.54, 1.807) is 12.1 Å².